The minimum atomic E-state index is 0.655. The van der Waals surface area contributed by atoms with Gasteiger partial charge in [0.05, 0.1) is 0 Å². The van der Waals surface area contributed by atoms with Gasteiger partial charge in [-0.2, -0.15) is 0 Å². The number of hydrogen-bond acceptors (Lipinski definition) is 1. The summed E-state index contributed by atoms with van der Waals surface area (Å²) in [6.45, 7) is 10.3. The Morgan fingerprint density at radius 2 is 1.73 bits per heavy atom. The summed E-state index contributed by atoms with van der Waals surface area (Å²) < 4.78 is 0. The summed E-state index contributed by atoms with van der Waals surface area (Å²) in [5.74, 6) is 0. The first-order chi connectivity index (χ1) is 5.20. The van der Waals surface area contributed by atoms with Gasteiger partial charge in [0.15, 0.2) is 0 Å². The van der Waals surface area contributed by atoms with Gasteiger partial charge in [-0.3, -0.25) is 0 Å². The maximum Gasteiger partial charge on any atom is 0.0257 e. The smallest absolute Gasteiger partial charge is 0.0257 e. The third-order valence-corrected chi connectivity index (χ3v) is 1.72. The number of allylic oxidation sites excluding steroid dienone is 1. The molecule has 0 unspecified atom stereocenters. The van der Waals surface area contributed by atoms with Crippen LogP contribution in [0.15, 0.2) is 12.3 Å². The van der Waals surface area contributed by atoms with Crippen molar-refractivity contribution >= 4 is 0 Å². The van der Waals surface area contributed by atoms with Crippen LogP contribution in [0.2, 0.25) is 0 Å². The molecule has 0 rings (SSSR count). The quantitative estimate of drug-likeness (QED) is 0.621. The first-order valence-corrected chi connectivity index (χ1v) is 4.62. The van der Waals surface area contributed by atoms with E-state index in [9.17, 15) is 0 Å². The number of nitrogens with one attached hydrogen (secondary N) is 1. The molecule has 66 valence electrons. The predicted molar refractivity (Wildman–Crippen MR) is 51.6 cm³/mol. The summed E-state index contributed by atoms with van der Waals surface area (Å²) >= 11 is 0. The van der Waals surface area contributed by atoms with Gasteiger partial charge in [0.25, 0.3) is 0 Å². The van der Waals surface area contributed by atoms with Crippen LogP contribution in [0.25, 0.3) is 0 Å². The molecule has 11 heavy (non-hydrogen) atoms. The Morgan fingerprint density at radius 3 is 2.00 bits per heavy atom. The Hall–Kier alpha value is -0.460. The lowest BCUT2D eigenvalue weighted by Crippen LogP contribution is -2.26. The summed E-state index contributed by atoms with van der Waals surface area (Å²) in [6.07, 6.45) is 5.04. The molecule has 0 radical (unpaired) electrons. The largest absolute Gasteiger partial charge is 0.386 e. The fraction of sp³-hybridized carbons (Fsp3) is 0.800. The highest BCUT2D eigenvalue weighted by Crippen LogP contribution is 2.05. The van der Waals surface area contributed by atoms with Gasteiger partial charge >= 0.3 is 0 Å². The summed E-state index contributed by atoms with van der Waals surface area (Å²) in [5, 5.41) is 3.39. The normalized spacial score (nSPS) is 10.2. The molecule has 0 fully saturated rings. The zero-order valence-corrected chi connectivity index (χ0v) is 8.11. The Morgan fingerprint density at radius 1 is 1.27 bits per heavy atom. The number of hydrogen-bond donors (Lipinski definition) is 1. The van der Waals surface area contributed by atoms with Crippen molar-refractivity contribution in [2.24, 2.45) is 0 Å². The molecule has 1 N–H and O–H groups in total. The van der Waals surface area contributed by atoms with Crippen LogP contribution in [-0.2, 0) is 0 Å². The van der Waals surface area contributed by atoms with Gasteiger partial charge in [0.2, 0.25) is 0 Å². The maximum absolute atomic E-state index is 3.85. The molecule has 0 heterocycles. The fourth-order valence-corrected chi connectivity index (χ4v) is 1.33. The van der Waals surface area contributed by atoms with E-state index in [1.54, 1.807) is 0 Å². The standard InChI is InChI=1S/C10H21N/c1-5-7-10(8-6-2)11-9(3)4/h10-11H,3,5-8H2,1-2,4H3. The van der Waals surface area contributed by atoms with Crippen LogP contribution >= 0.6 is 0 Å². The van der Waals surface area contributed by atoms with Gasteiger partial charge in [-0.1, -0.05) is 33.3 Å². The summed E-state index contributed by atoms with van der Waals surface area (Å²) in [4.78, 5) is 0. The van der Waals surface area contributed by atoms with E-state index in [-0.39, 0.29) is 0 Å². The first-order valence-electron chi connectivity index (χ1n) is 4.62. The molecule has 0 aromatic rings. The van der Waals surface area contributed by atoms with E-state index in [0.717, 1.165) is 5.70 Å². The number of rotatable bonds is 6. The average molecular weight is 155 g/mol. The van der Waals surface area contributed by atoms with Crippen LogP contribution in [0, 0.1) is 0 Å². The second-order valence-electron chi connectivity index (χ2n) is 3.20. The highest BCUT2D eigenvalue weighted by Gasteiger charge is 2.03. The van der Waals surface area contributed by atoms with Crippen molar-refractivity contribution in [3.63, 3.8) is 0 Å². The fourth-order valence-electron chi connectivity index (χ4n) is 1.33. The lowest BCUT2D eigenvalue weighted by atomic mass is 10.1. The Balaban J connectivity index is 3.59. The van der Waals surface area contributed by atoms with E-state index in [0.29, 0.717) is 6.04 Å². The maximum atomic E-state index is 3.85. The van der Waals surface area contributed by atoms with Gasteiger partial charge in [-0.15, -0.1) is 0 Å². The monoisotopic (exact) mass is 155 g/mol. The summed E-state index contributed by atoms with van der Waals surface area (Å²) in [7, 11) is 0. The van der Waals surface area contributed by atoms with Gasteiger partial charge in [-0.05, 0) is 19.8 Å². The van der Waals surface area contributed by atoms with E-state index in [1.807, 2.05) is 6.92 Å². The molecule has 0 spiro atoms. The molecule has 0 bridgehead atoms. The second kappa shape index (κ2) is 6.26. The average Bonchev–Trinajstić information content (AvgIpc) is 1.87. The van der Waals surface area contributed by atoms with Crippen LogP contribution in [0.5, 0.6) is 0 Å². The minimum absolute atomic E-state index is 0.655. The van der Waals surface area contributed by atoms with Crippen LogP contribution in [0.3, 0.4) is 0 Å². The van der Waals surface area contributed by atoms with E-state index >= 15 is 0 Å². The molecule has 0 aromatic carbocycles. The lowest BCUT2D eigenvalue weighted by Gasteiger charge is -2.17. The van der Waals surface area contributed by atoms with Crippen molar-refractivity contribution in [2.45, 2.75) is 52.5 Å². The predicted octanol–water partition coefficient (Wildman–Crippen LogP) is 3.08. The Labute approximate surface area is 70.9 Å². The zero-order chi connectivity index (χ0) is 8.69. The molecule has 0 atom stereocenters. The van der Waals surface area contributed by atoms with Crippen LogP contribution in [0.1, 0.15) is 46.5 Å². The molecule has 0 aromatic heterocycles. The minimum Gasteiger partial charge on any atom is -0.386 e. The molecular formula is C10H21N. The molecule has 0 saturated heterocycles. The van der Waals surface area contributed by atoms with Crippen molar-refractivity contribution in [1.29, 1.82) is 0 Å². The topological polar surface area (TPSA) is 12.0 Å². The Kier molecular flexibility index (Phi) is 6.00. The molecule has 0 saturated carbocycles. The highest BCUT2D eigenvalue weighted by atomic mass is 14.9. The van der Waals surface area contributed by atoms with Gasteiger partial charge < -0.3 is 5.32 Å². The van der Waals surface area contributed by atoms with Crippen LogP contribution < -0.4 is 5.32 Å². The molecular weight excluding hydrogens is 134 g/mol. The summed E-state index contributed by atoms with van der Waals surface area (Å²) in [6, 6.07) is 0.655. The molecule has 0 amide bonds. The van der Waals surface area contributed by atoms with Crippen molar-refractivity contribution < 1.29 is 0 Å². The molecule has 0 aliphatic heterocycles. The van der Waals surface area contributed by atoms with Crippen molar-refractivity contribution in [3.8, 4) is 0 Å². The molecule has 1 nitrogen and oxygen atoms in total. The van der Waals surface area contributed by atoms with Gasteiger partial charge in [-0.25, -0.2) is 0 Å². The Bertz CT molecular complexity index is 101. The lowest BCUT2D eigenvalue weighted by molar-refractivity contribution is 0.482. The van der Waals surface area contributed by atoms with Crippen molar-refractivity contribution in [1.82, 2.24) is 5.32 Å². The second-order valence-corrected chi connectivity index (χ2v) is 3.20. The van der Waals surface area contributed by atoms with E-state index in [2.05, 4.69) is 25.7 Å². The molecule has 0 aliphatic carbocycles. The van der Waals surface area contributed by atoms with E-state index in [1.165, 1.54) is 25.7 Å². The summed E-state index contributed by atoms with van der Waals surface area (Å²) in [5.41, 5.74) is 1.09. The third-order valence-electron chi connectivity index (χ3n) is 1.72. The van der Waals surface area contributed by atoms with Crippen LogP contribution in [0.4, 0.5) is 0 Å². The van der Waals surface area contributed by atoms with E-state index < -0.39 is 0 Å². The molecule has 0 aliphatic rings. The van der Waals surface area contributed by atoms with Gasteiger partial charge in [0.1, 0.15) is 0 Å². The van der Waals surface area contributed by atoms with Crippen molar-refractivity contribution in [3.05, 3.63) is 12.3 Å². The SMILES string of the molecule is C=C(C)NC(CCC)CCC. The van der Waals surface area contributed by atoms with Crippen LogP contribution in [-0.4, -0.2) is 6.04 Å². The zero-order valence-electron chi connectivity index (χ0n) is 8.11. The van der Waals surface area contributed by atoms with Crippen molar-refractivity contribution in [2.75, 3.05) is 0 Å². The van der Waals surface area contributed by atoms with E-state index in [4.69, 9.17) is 0 Å². The highest BCUT2D eigenvalue weighted by molar-refractivity contribution is 4.88. The van der Waals surface area contributed by atoms with Gasteiger partial charge in [0, 0.05) is 11.7 Å². The first kappa shape index (κ1) is 10.5. The third kappa shape index (κ3) is 5.96. The molecule has 1 heteroatoms.